The van der Waals surface area contributed by atoms with Gasteiger partial charge in [0.1, 0.15) is 5.60 Å². The number of hydrogen-bond acceptors (Lipinski definition) is 2. The molecular weight excluding hydrogens is 224 g/mol. The van der Waals surface area contributed by atoms with Crippen LogP contribution in [0.4, 0.5) is 0 Å². The molecule has 1 saturated carbocycles. The largest absolute Gasteiger partial charge is 0.382 e. The minimum absolute atomic E-state index is 0.133. The van der Waals surface area contributed by atoms with Gasteiger partial charge in [0.15, 0.2) is 0 Å². The first kappa shape index (κ1) is 13.6. The summed E-state index contributed by atoms with van der Waals surface area (Å²) >= 11 is 0. The van der Waals surface area contributed by atoms with E-state index in [2.05, 4.69) is 18.2 Å². The van der Waals surface area contributed by atoms with Gasteiger partial charge in [-0.2, -0.15) is 0 Å². The Hall–Kier alpha value is -0.860. The Morgan fingerprint density at radius 2 is 2.11 bits per heavy atom. The van der Waals surface area contributed by atoms with Gasteiger partial charge in [0.05, 0.1) is 6.61 Å². The number of rotatable bonds is 5. The van der Waals surface area contributed by atoms with Crippen molar-refractivity contribution in [2.75, 3.05) is 13.7 Å². The van der Waals surface area contributed by atoms with E-state index >= 15 is 0 Å². The van der Waals surface area contributed by atoms with Crippen molar-refractivity contribution in [3.8, 4) is 0 Å². The van der Waals surface area contributed by atoms with E-state index in [1.807, 2.05) is 19.9 Å². The van der Waals surface area contributed by atoms with Crippen molar-refractivity contribution in [2.45, 2.75) is 44.6 Å². The standard InChI is InChI=1S/C16H24O2/c1-12(2)16(17,11-18-3)15-9-5-8-14(10-15)13-6-4-7-13/h5,8-10,12-13,17H,4,6-7,11H2,1-3H3. The Labute approximate surface area is 110 Å². The van der Waals surface area contributed by atoms with E-state index in [1.54, 1.807) is 7.11 Å². The lowest BCUT2D eigenvalue weighted by molar-refractivity contribution is -0.0701. The Balaban J connectivity index is 2.29. The van der Waals surface area contributed by atoms with Crippen molar-refractivity contribution in [1.82, 2.24) is 0 Å². The first-order valence-corrected chi connectivity index (χ1v) is 6.89. The minimum atomic E-state index is -0.880. The first-order valence-electron chi connectivity index (χ1n) is 6.89. The third kappa shape index (κ3) is 2.45. The highest BCUT2D eigenvalue weighted by molar-refractivity contribution is 5.32. The van der Waals surface area contributed by atoms with Crippen molar-refractivity contribution >= 4 is 0 Å². The van der Waals surface area contributed by atoms with Crippen LogP contribution in [-0.2, 0) is 10.3 Å². The maximum atomic E-state index is 10.8. The van der Waals surface area contributed by atoms with Gasteiger partial charge in [0.2, 0.25) is 0 Å². The van der Waals surface area contributed by atoms with Crippen LogP contribution >= 0.6 is 0 Å². The number of ether oxygens (including phenoxy) is 1. The third-order valence-electron chi connectivity index (χ3n) is 4.28. The number of methoxy groups -OCH3 is 1. The molecule has 2 rings (SSSR count). The van der Waals surface area contributed by atoms with Crippen LogP contribution in [0.25, 0.3) is 0 Å². The second kappa shape index (κ2) is 5.41. The topological polar surface area (TPSA) is 29.5 Å². The zero-order valence-electron chi connectivity index (χ0n) is 11.6. The van der Waals surface area contributed by atoms with Gasteiger partial charge < -0.3 is 9.84 Å². The predicted molar refractivity (Wildman–Crippen MR) is 73.6 cm³/mol. The van der Waals surface area contributed by atoms with Crippen LogP contribution in [0.1, 0.15) is 50.2 Å². The van der Waals surface area contributed by atoms with Crippen molar-refractivity contribution in [3.05, 3.63) is 35.4 Å². The molecule has 0 radical (unpaired) electrons. The fraction of sp³-hybridized carbons (Fsp3) is 0.625. The van der Waals surface area contributed by atoms with E-state index in [-0.39, 0.29) is 5.92 Å². The summed E-state index contributed by atoms with van der Waals surface area (Å²) in [6, 6.07) is 8.43. The van der Waals surface area contributed by atoms with Gasteiger partial charge in [0.25, 0.3) is 0 Å². The van der Waals surface area contributed by atoms with Crippen molar-refractivity contribution in [3.63, 3.8) is 0 Å². The zero-order valence-corrected chi connectivity index (χ0v) is 11.6. The first-order chi connectivity index (χ1) is 8.58. The van der Waals surface area contributed by atoms with Crippen LogP contribution in [0.3, 0.4) is 0 Å². The van der Waals surface area contributed by atoms with Crippen LogP contribution in [0, 0.1) is 5.92 Å². The number of hydrogen-bond donors (Lipinski definition) is 1. The molecule has 1 aliphatic carbocycles. The molecule has 1 fully saturated rings. The second-order valence-corrected chi connectivity index (χ2v) is 5.77. The Morgan fingerprint density at radius 1 is 1.39 bits per heavy atom. The highest BCUT2D eigenvalue weighted by Gasteiger charge is 2.34. The average Bonchev–Trinajstić information content (AvgIpc) is 2.27. The lowest BCUT2D eigenvalue weighted by Gasteiger charge is -2.33. The molecule has 0 spiro atoms. The molecule has 0 saturated heterocycles. The van der Waals surface area contributed by atoms with E-state index in [1.165, 1.54) is 24.8 Å². The van der Waals surface area contributed by atoms with Gasteiger partial charge in [-0.1, -0.05) is 44.5 Å². The van der Waals surface area contributed by atoms with Crippen molar-refractivity contribution in [2.24, 2.45) is 5.92 Å². The minimum Gasteiger partial charge on any atom is -0.382 e. The fourth-order valence-corrected chi connectivity index (χ4v) is 2.61. The highest BCUT2D eigenvalue weighted by Crippen LogP contribution is 2.38. The fourth-order valence-electron chi connectivity index (χ4n) is 2.61. The molecule has 1 atom stereocenters. The molecule has 100 valence electrons. The van der Waals surface area contributed by atoms with Gasteiger partial charge in [-0.15, -0.1) is 0 Å². The van der Waals surface area contributed by atoms with E-state index in [0.717, 1.165) is 5.56 Å². The Bertz CT molecular complexity index is 396. The molecule has 18 heavy (non-hydrogen) atoms. The zero-order chi connectivity index (χ0) is 13.2. The number of aliphatic hydroxyl groups is 1. The molecular formula is C16H24O2. The van der Waals surface area contributed by atoms with E-state index in [4.69, 9.17) is 4.74 Å². The summed E-state index contributed by atoms with van der Waals surface area (Å²) in [4.78, 5) is 0. The summed E-state index contributed by atoms with van der Waals surface area (Å²) in [6.45, 7) is 4.42. The molecule has 2 heteroatoms. The summed E-state index contributed by atoms with van der Waals surface area (Å²) in [5, 5.41) is 10.8. The summed E-state index contributed by atoms with van der Waals surface area (Å²) in [5.74, 6) is 0.831. The molecule has 0 aromatic heterocycles. The van der Waals surface area contributed by atoms with Crippen molar-refractivity contribution in [1.29, 1.82) is 0 Å². The second-order valence-electron chi connectivity index (χ2n) is 5.77. The monoisotopic (exact) mass is 248 g/mol. The van der Waals surface area contributed by atoms with Gasteiger partial charge in [0, 0.05) is 7.11 Å². The summed E-state index contributed by atoms with van der Waals surface area (Å²) in [7, 11) is 1.64. The lowest BCUT2D eigenvalue weighted by atomic mass is 9.77. The molecule has 1 aliphatic rings. The SMILES string of the molecule is COCC(O)(c1cccc(C2CCC2)c1)C(C)C. The van der Waals surface area contributed by atoms with E-state index < -0.39 is 5.60 Å². The average molecular weight is 248 g/mol. The van der Waals surface area contributed by atoms with Crippen molar-refractivity contribution < 1.29 is 9.84 Å². The normalized spacial score (nSPS) is 19.6. The molecule has 1 aromatic carbocycles. The molecule has 0 heterocycles. The quantitative estimate of drug-likeness (QED) is 0.865. The highest BCUT2D eigenvalue weighted by atomic mass is 16.5. The molecule has 2 nitrogen and oxygen atoms in total. The van der Waals surface area contributed by atoms with Crippen LogP contribution < -0.4 is 0 Å². The maximum absolute atomic E-state index is 10.8. The Kier molecular flexibility index (Phi) is 4.08. The summed E-state index contributed by atoms with van der Waals surface area (Å²) in [6.07, 6.45) is 3.91. The van der Waals surface area contributed by atoms with Crippen LogP contribution in [0.2, 0.25) is 0 Å². The third-order valence-corrected chi connectivity index (χ3v) is 4.28. The van der Waals surface area contributed by atoms with Gasteiger partial charge in [-0.25, -0.2) is 0 Å². The smallest absolute Gasteiger partial charge is 0.115 e. The molecule has 1 N–H and O–H groups in total. The predicted octanol–water partition coefficient (Wildman–Crippen LogP) is 3.44. The van der Waals surface area contributed by atoms with Gasteiger partial charge in [-0.05, 0) is 35.8 Å². The molecule has 0 amide bonds. The van der Waals surface area contributed by atoms with Crippen LogP contribution in [0.5, 0.6) is 0 Å². The number of benzene rings is 1. The van der Waals surface area contributed by atoms with Gasteiger partial charge in [-0.3, -0.25) is 0 Å². The van der Waals surface area contributed by atoms with Crippen LogP contribution in [0.15, 0.2) is 24.3 Å². The Morgan fingerprint density at radius 3 is 2.61 bits per heavy atom. The van der Waals surface area contributed by atoms with E-state index in [0.29, 0.717) is 12.5 Å². The molecule has 0 bridgehead atoms. The molecule has 0 aliphatic heterocycles. The summed E-state index contributed by atoms with van der Waals surface area (Å²) in [5.41, 5.74) is 1.48. The molecule has 1 unspecified atom stereocenters. The summed E-state index contributed by atoms with van der Waals surface area (Å²) < 4.78 is 5.21. The van der Waals surface area contributed by atoms with E-state index in [9.17, 15) is 5.11 Å². The lowest BCUT2D eigenvalue weighted by Crippen LogP contribution is -2.37. The van der Waals surface area contributed by atoms with Gasteiger partial charge >= 0.3 is 0 Å². The molecule has 1 aromatic rings. The van der Waals surface area contributed by atoms with Crippen LogP contribution in [-0.4, -0.2) is 18.8 Å². The maximum Gasteiger partial charge on any atom is 0.115 e.